The molecule has 6 heteroatoms. The van der Waals surface area contributed by atoms with Gasteiger partial charge in [-0.3, -0.25) is 9.78 Å². The van der Waals surface area contributed by atoms with Crippen LogP contribution in [-0.4, -0.2) is 40.1 Å². The van der Waals surface area contributed by atoms with E-state index in [2.05, 4.69) is 4.98 Å². The first-order valence-corrected chi connectivity index (χ1v) is 6.20. The van der Waals surface area contributed by atoms with Gasteiger partial charge < -0.3 is 15.7 Å². The summed E-state index contributed by atoms with van der Waals surface area (Å²) in [5, 5.41) is 8.94. The number of primary amides is 1. The molecule has 0 spiro atoms. The van der Waals surface area contributed by atoms with E-state index in [1.54, 1.807) is 12.4 Å². The van der Waals surface area contributed by atoms with E-state index < -0.39 is 11.5 Å². The van der Waals surface area contributed by atoms with Gasteiger partial charge in [0, 0.05) is 25.5 Å². The van der Waals surface area contributed by atoms with Crippen molar-refractivity contribution >= 4 is 12.0 Å². The van der Waals surface area contributed by atoms with E-state index in [9.17, 15) is 9.59 Å². The van der Waals surface area contributed by atoms with Crippen LogP contribution in [0.4, 0.5) is 4.79 Å². The normalized spacial score (nSPS) is 18.0. The summed E-state index contributed by atoms with van der Waals surface area (Å²) in [6.07, 6.45) is 3.89. The lowest BCUT2D eigenvalue weighted by atomic mass is 9.73. The molecule has 0 radical (unpaired) electrons. The van der Waals surface area contributed by atoms with Gasteiger partial charge in [0.05, 0.1) is 5.41 Å². The van der Waals surface area contributed by atoms with Gasteiger partial charge in [0.1, 0.15) is 0 Å². The number of carbonyl (C=O) groups excluding carboxylic acids is 1. The minimum Gasteiger partial charge on any atom is -0.465 e. The van der Waals surface area contributed by atoms with E-state index in [-0.39, 0.29) is 5.91 Å². The molecule has 1 aromatic rings. The Bertz CT molecular complexity index is 467. The Kier molecular flexibility index (Phi) is 3.69. The van der Waals surface area contributed by atoms with Crippen LogP contribution in [0.5, 0.6) is 0 Å². The molecule has 1 aromatic heterocycles. The molecular formula is C13H17N3O3. The van der Waals surface area contributed by atoms with Crippen LogP contribution in [0.1, 0.15) is 18.4 Å². The Labute approximate surface area is 111 Å². The third kappa shape index (κ3) is 2.83. The number of hydrogen-bond donors (Lipinski definition) is 2. The van der Waals surface area contributed by atoms with Gasteiger partial charge in [0.15, 0.2) is 0 Å². The number of amides is 2. The number of likely N-dealkylation sites (tertiary alicyclic amines) is 1. The summed E-state index contributed by atoms with van der Waals surface area (Å²) < 4.78 is 0. The van der Waals surface area contributed by atoms with Crippen molar-refractivity contribution in [3.8, 4) is 0 Å². The first-order valence-electron chi connectivity index (χ1n) is 6.20. The second-order valence-electron chi connectivity index (χ2n) is 4.95. The highest BCUT2D eigenvalue weighted by atomic mass is 16.4. The fourth-order valence-electron chi connectivity index (χ4n) is 2.53. The molecule has 3 N–H and O–H groups in total. The van der Waals surface area contributed by atoms with Gasteiger partial charge in [-0.05, 0) is 30.9 Å². The summed E-state index contributed by atoms with van der Waals surface area (Å²) in [5.41, 5.74) is 5.84. The van der Waals surface area contributed by atoms with Crippen LogP contribution in [-0.2, 0) is 11.2 Å². The molecule has 6 nitrogen and oxygen atoms in total. The third-order valence-corrected chi connectivity index (χ3v) is 3.78. The molecular weight excluding hydrogens is 246 g/mol. The Balaban J connectivity index is 2.13. The van der Waals surface area contributed by atoms with Gasteiger partial charge in [-0.15, -0.1) is 0 Å². The van der Waals surface area contributed by atoms with Crippen LogP contribution in [0.3, 0.4) is 0 Å². The highest BCUT2D eigenvalue weighted by molar-refractivity contribution is 5.81. The average molecular weight is 263 g/mol. The third-order valence-electron chi connectivity index (χ3n) is 3.78. The fraction of sp³-hybridized carbons (Fsp3) is 0.462. The van der Waals surface area contributed by atoms with Crippen LogP contribution in [0.2, 0.25) is 0 Å². The Hall–Kier alpha value is -2.11. The van der Waals surface area contributed by atoms with Crippen molar-refractivity contribution in [3.05, 3.63) is 30.1 Å². The number of rotatable bonds is 3. The van der Waals surface area contributed by atoms with Crippen molar-refractivity contribution in [2.45, 2.75) is 19.3 Å². The molecule has 0 aromatic carbocycles. The van der Waals surface area contributed by atoms with Crippen LogP contribution in [0.15, 0.2) is 24.5 Å². The Morgan fingerprint density at radius 1 is 1.42 bits per heavy atom. The minimum atomic E-state index is -0.945. The van der Waals surface area contributed by atoms with Gasteiger partial charge in [0.25, 0.3) is 0 Å². The summed E-state index contributed by atoms with van der Waals surface area (Å²) in [6.45, 7) is 0.692. The maximum atomic E-state index is 11.8. The molecule has 1 aliphatic rings. The van der Waals surface area contributed by atoms with E-state index >= 15 is 0 Å². The lowest BCUT2D eigenvalue weighted by molar-refractivity contribution is -0.130. The predicted molar refractivity (Wildman–Crippen MR) is 68.4 cm³/mol. The van der Waals surface area contributed by atoms with Crippen LogP contribution >= 0.6 is 0 Å². The molecule has 0 saturated carbocycles. The van der Waals surface area contributed by atoms with E-state index in [4.69, 9.17) is 10.8 Å². The fourth-order valence-corrected chi connectivity index (χ4v) is 2.53. The monoisotopic (exact) mass is 263 g/mol. The molecule has 0 bridgehead atoms. The molecule has 0 aliphatic carbocycles. The van der Waals surface area contributed by atoms with Crippen molar-refractivity contribution in [1.29, 1.82) is 0 Å². The molecule has 0 atom stereocenters. The minimum absolute atomic E-state index is 0.346. The number of nitrogens with zero attached hydrogens (tertiary/aromatic N) is 2. The molecule has 2 amide bonds. The van der Waals surface area contributed by atoms with Crippen molar-refractivity contribution in [1.82, 2.24) is 9.88 Å². The summed E-state index contributed by atoms with van der Waals surface area (Å²) in [5.74, 6) is -0.360. The number of carbonyl (C=O) groups is 2. The van der Waals surface area contributed by atoms with Crippen LogP contribution in [0, 0.1) is 5.41 Å². The zero-order valence-corrected chi connectivity index (χ0v) is 10.6. The quantitative estimate of drug-likeness (QED) is 0.845. The second-order valence-corrected chi connectivity index (χ2v) is 4.95. The van der Waals surface area contributed by atoms with E-state index in [1.807, 2.05) is 12.1 Å². The molecule has 1 aliphatic heterocycles. The summed E-state index contributed by atoms with van der Waals surface area (Å²) in [7, 11) is 0. The van der Waals surface area contributed by atoms with Crippen molar-refractivity contribution in [2.24, 2.45) is 11.1 Å². The number of carboxylic acid groups (broad SMARTS) is 1. The van der Waals surface area contributed by atoms with Crippen LogP contribution in [0.25, 0.3) is 0 Å². The second kappa shape index (κ2) is 5.26. The van der Waals surface area contributed by atoms with Gasteiger partial charge in [-0.1, -0.05) is 6.07 Å². The van der Waals surface area contributed by atoms with Crippen molar-refractivity contribution < 1.29 is 14.7 Å². The molecule has 2 rings (SSSR count). The Morgan fingerprint density at radius 3 is 2.58 bits per heavy atom. The number of nitrogens with two attached hydrogens (primary N) is 1. The largest absolute Gasteiger partial charge is 0.465 e. The molecule has 19 heavy (non-hydrogen) atoms. The topological polar surface area (TPSA) is 96.5 Å². The van der Waals surface area contributed by atoms with E-state index in [0.29, 0.717) is 32.4 Å². The standard InChI is InChI=1S/C13H17N3O3/c14-11(17)13(8-10-2-1-5-15-9-10)3-6-16(7-4-13)12(18)19/h1-2,5,9H,3-4,6-8H2,(H2,14,17)(H,18,19). The lowest BCUT2D eigenvalue weighted by Gasteiger charge is -2.38. The Morgan fingerprint density at radius 2 is 2.11 bits per heavy atom. The molecule has 1 saturated heterocycles. The first kappa shape index (κ1) is 13.3. The highest BCUT2D eigenvalue weighted by Gasteiger charge is 2.40. The van der Waals surface area contributed by atoms with Gasteiger partial charge in [-0.25, -0.2) is 4.79 Å². The van der Waals surface area contributed by atoms with Crippen LogP contribution < -0.4 is 5.73 Å². The first-order chi connectivity index (χ1) is 9.03. The molecule has 2 heterocycles. The van der Waals surface area contributed by atoms with Gasteiger partial charge in [-0.2, -0.15) is 0 Å². The number of aromatic nitrogens is 1. The van der Waals surface area contributed by atoms with E-state index in [1.165, 1.54) is 4.90 Å². The number of pyridine rings is 1. The van der Waals surface area contributed by atoms with Gasteiger partial charge in [0.2, 0.25) is 5.91 Å². The summed E-state index contributed by atoms with van der Waals surface area (Å²) in [4.78, 5) is 28.0. The average Bonchev–Trinajstić information content (AvgIpc) is 2.40. The number of hydrogen-bond acceptors (Lipinski definition) is 3. The zero-order valence-electron chi connectivity index (χ0n) is 10.6. The molecule has 1 fully saturated rings. The predicted octanol–water partition coefficient (Wildman–Crippen LogP) is 0.870. The van der Waals surface area contributed by atoms with Gasteiger partial charge >= 0.3 is 6.09 Å². The zero-order chi connectivity index (χ0) is 13.9. The van der Waals surface area contributed by atoms with E-state index in [0.717, 1.165) is 5.56 Å². The highest BCUT2D eigenvalue weighted by Crippen LogP contribution is 2.34. The summed E-state index contributed by atoms with van der Waals surface area (Å²) >= 11 is 0. The van der Waals surface area contributed by atoms with Crippen molar-refractivity contribution in [3.63, 3.8) is 0 Å². The maximum absolute atomic E-state index is 11.8. The molecule has 0 unspecified atom stereocenters. The smallest absolute Gasteiger partial charge is 0.407 e. The van der Waals surface area contributed by atoms with Crippen molar-refractivity contribution in [2.75, 3.05) is 13.1 Å². The molecule has 102 valence electrons. The summed E-state index contributed by atoms with van der Waals surface area (Å²) in [6, 6.07) is 3.72. The SMILES string of the molecule is NC(=O)C1(Cc2cccnc2)CCN(C(=O)O)CC1. The number of piperidine rings is 1. The maximum Gasteiger partial charge on any atom is 0.407 e. The lowest BCUT2D eigenvalue weighted by Crippen LogP contribution is -2.49.